The van der Waals surface area contributed by atoms with Gasteiger partial charge in [-0.05, 0) is 38.3 Å². The molecule has 0 unspecified atom stereocenters. The molecule has 0 aromatic carbocycles. The third kappa shape index (κ3) is 1.58. The number of nitrogens with zero attached hydrogens (tertiary/aromatic N) is 1. The highest BCUT2D eigenvalue weighted by molar-refractivity contribution is 4.81. The van der Waals surface area contributed by atoms with Gasteiger partial charge in [-0.1, -0.05) is 19.3 Å². The smallest absolute Gasteiger partial charge is 0.000926 e. The molecule has 1 heteroatoms. The van der Waals surface area contributed by atoms with Gasteiger partial charge in [0.15, 0.2) is 0 Å². The molecule has 0 aromatic rings. The summed E-state index contributed by atoms with van der Waals surface area (Å²) in [5, 5.41) is 0. The van der Waals surface area contributed by atoms with Gasteiger partial charge >= 0.3 is 0 Å². The van der Waals surface area contributed by atoms with Gasteiger partial charge in [0.25, 0.3) is 0 Å². The number of rotatable bonds is 0. The van der Waals surface area contributed by atoms with Gasteiger partial charge in [-0.15, -0.1) is 0 Å². The Morgan fingerprint density at radius 3 is 2.55 bits per heavy atom. The van der Waals surface area contributed by atoms with Crippen LogP contribution >= 0.6 is 0 Å². The predicted octanol–water partition coefficient (Wildman–Crippen LogP) is 2.13. The summed E-state index contributed by atoms with van der Waals surface area (Å²) in [5.74, 6) is 2.16. The first-order chi connectivity index (χ1) is 5.36. The quantitative estimate of drug-likeness (QED) is 0.515. The monoisotopic (exact) mass is 153 g/mol. The van der Waals surface area contributed by atoms with Crippen LogP contribution in [0.5, 0.6) is 0 Å². The average Bonchev–Trinajstić information content (AvgIpc) is 2.04. The molecule has 1 saturated heterocycles. The second-order valence-electron chi connectivity index (χ2n) is 4.36. The van der Waals surface area contributed by atoms with E-state index in [0.717, 1.165) is 11.8 Å². The predicted molar refractivity (Wildman–Crippen MR) is 47.6 cm³/mol. The molecule has 1 aliphatic heterocycles. The van der Waals surface area contributed by atoms with Crippen molar-refractivity contribution >= 4 is 0 Å². The highest BCUT2D eigenvalue weighted by Gasteiger charge is 2.29. The molecule has 11 heavy (non-hydrogen) atoms. The van der Waals surface area contributed by atoms with E-state index in [1.165, 1.54) is 45.2 Å². The van der Waals surface area contributed by atoms with E-state index in [-0.39, 0.29) is 0 Å². The topological polar surface area (TPSA) is 3.24 Å². The minimum atomic E-state index is 1.06. The molecule has 0 amide bonds. The molecular formula is C10H19N. The third-order valence-corrected chi connectivity index (χ3v) is 3.49. The summed E-state index contributed by atoms with van der Waals surface area (Å²) in [7, 11) is 2.27. The summed E-state index contributed by atoms with van der Waals surface area (Å²) in [6.45, 7) is 2.73. The number of likely N-dealkylation sites (tertiary alicyclic amines) is 1. The lowest BCUT2D eigenvalue weighted by molar-refractivity contribution is 0.105. The fraction of sp³-hybridized carbons (Fsp3) is 1.00. The van der Waals surface area contributed by atoms with Gasteiger partial charge in [0, 0.05) is 6.54 Å². The van der Waals surface area contributed by atoms with Crippen LogP contribution in [0.3, 0.4) is 0 Å². The van der Waals surface area contributed by atoms with Crippen LogP contribution in [0.2, 0.25) is 0 Å². The molecule has 2 fully saturated rings. The Morgan fingerprint density at radius 2 is 1.73 bits per heavy atom. The summed E-state index contributed by atoms with van der Waals surface area (Å²) in [5.41, 5.74) is 0. The SMILES string of the molecule is CN1CC[C@@H]2CCCC[C@H]2C1. The van der Waals surface area contributed by atoms with Crippen LogP contribution in [0.1, 0.15) is 32.1 Å². The maximum atomic E-state index is 2.51. The van der Waals surface area contributed by atoms with Crippen molar-refractivity contribution in [1.82, 2.24) is 4.90 Å². The molecule has 0 N–H and O–H groups in total. The lowest BCUT2D eigenvalue weighted by atomic mass is 9.75. The van der Waals surface area contributed by atoms with E-state index < -0.39 is 0 Å². The first-order valence-electron chi connectivity index (χ1n) is 5.05. The highest BCUT2D eigenvalue weighted by Crippen LogP contribution is 2.35. The van der Waals surface area contributed by atoms with Gasteiger partial charge in [0.2, 0.25) is 0 Å². The number of piperidine rings is 1. The van der Waals surface area contributed by atoms with Crippen molar-refractivity contribution in [3.05, 3.63) is 0 Å². The van der Waals surface area contributed by atoms with Gasteiger partial charge < -0.3 is 4.90 Å². The van der Waals surface area contributed by atoms with E-state index in [0.29, 0.717) is 0 Å². The van der Waals surface area contributed by atoms with Crippen molar-refractivity contribution < 1.29 is 0 Å². The second-order valence-corrected chi connectivity index (χ2v) is 4.36. The van der Waals surface area contributed by atoms with Gasteiger partial charge in [-0.2, -0.15) is 0 Å². The molecular weight excluding hydrogens is 134 g/mol. The average molecular weight is 153 g/mol. The Morgan fingerprint density at radius 1 is 1.00 bits per heavy atom. The van der Waals surface area contributed by atoms with E-state index in [9.17, 15) is 0 Å². The number of hydrogen-bond acceptors (Lipinski definition) is 1. The first-order valence-corrected chi connectivity index (χ1v) is 5.05. The normalized spacial score (nSPS) is 40.1. The molecule has 0 spiro atoms. The second kappa shape index (κ2) is 3.14. The molecule has 1 saturated carbocycles. The van der Waals surface area contributed by atoms with Crippen LogP contribution in [-0.4, -0.2) is 25.0 Å². The third-order valence-electron chi connectivity index (χ3n) is 3.49. The summed E-state index contributed by atoms with van der Waals surface area (Å²) >= 11 is 0. The minimum absolute atomic E-state index is 1.06. The van der Waals surface area contributed by atoms with E-state index in [1.807, 2.05) is 0 Å². The largest absolute Gasteiger partial charge is 0.306 e. The molecule has 2 rings (SSSR count). The molecule has 0 bridgehead atoms. The van der Waals surface area contributed by atoms with Crippen molar-refractivity contribution in [2.45, 2.75) is 32.1 Å². The van der Waals surface area contributed by atoms with Crippen molar-refractivity contribution in [3.8, 4) is 0 Å². The van der Waals surface area contributed by atoms with E-state index in [2.05, 4.69) is 11.9 Å². The molecule has 1 aliphatic carbocycles. The fourth-order valence-electron chi connectivity index (χ4n) is 2.78. The van der Waals surface area contributed by atoms with Crippen LogP contribution in [-0.2, 0) is 0 Å². The summed E-state index contributed by atoms with van der Waals surface area (Å²) < 4.78 is 0. The van der Waals surface area contributed by atoms with Crippen LogP contribution in [0, 0.1) is 11.8 Å². The lowest BCUT2D eigenvalue weighted by Gasteiger charge is -2.39. The molecule has 2 aliphatic rings. The minimum Gasteiger partial charge on any atom is -0.306 e. The van der Waals surface area contributed by atoms with Gasteiger partial charge in [0.1, 0.15) is 0 Å². The van der Waals surface area contributed by atoms with Crippen LogP contribution < -0.4 is 0 Å². The number of hydrogen-bond donors (Lipinski definition) is 0. The zero-order valence-electron chi connectivity index (χ0n) is 7.55. The lowest BCUT2D eigenvalue weighted by Crippen LogP contribution is -2.39. The highest BCUT2D eigenvalue weighted by atomic mass is 15.1. The Bertz CT molecular complexity index is 133. The maximum absolute atomic E-state index is 2.51. The summed E-state index contributed by atoms with van der Waals surface area (Å²) in [4.78, 5) is 2.51. The van der Waals surface area contributed by atoms with E-state index in [4.69, 9.17) is 0 Å². The summed E-state index contributed by atoms with van der Waals surface area (Å²) in [6.07, 6.45) is 7.51. The Hall–Kier alpha value is -0.0400. The van der Waals surface area contributed by atoms with Crippen molar-refractivity contribution in [1.29, 1.82) is 0 Å². The van der Waals surface area contributed by atoms with E-state index in [1.54, 1.807) is 0 Å². The molecule has 1 heterocycles. The van der Waals surface area contributed by atoms with Crippen molar-refractivity contribution in [3.63, 3.8) is 0 Å². The van der Waals surface area contributed by atoms with Crippen molar-refractivity contribution in [2.75, 3.05) is 20.1 Å². The fourth-order valence-corrected chi connectivity index (χ4v) is 2.78. The molecule has 64 valence electrons. The van der Waals surface area contributed by atoms with Crippen LogP contribution in [0.25, 0.3) is 0 Å². The van der Waals surface area contributed by atoms with Crippen LogP contribution in [0.15, 0.2) is 0 Å². The first kappa shape index (κ1) is 7.60. The molecule has 0 aromatic heterocycles. The zero-order valence-corrected chi connectivity index (χ0v) is 7.55. The standard InChI is InChI=1S/C10H19N/c1-11-7-6-9-4-2-3-5-10(9)8-11/h9-10H,2-8H2,1H3/t9-,10-/m0/s1. The summed E-state index contributed by atoms with van der Waals surface area (Å²) in [6, 6.07) is 0. The Labute approximate surface area is 69.8 Å². The van der Waals surface area contributed by atoms with Crippen molar-refractivity contribution in [2.24, 2.45) is 11.8 Å². The van der Waals surface area contributed by atoms with Gasteiger partial charge in [-0.3, -0.25) is 0 Å². The number of fused-ring (bicyclic) bond motifs is 1. The van der Waals surface area contributed by atoms with Crippen LogP contribution in [0.4, 0.5) is 0 Å². The maximum Gasteiger partial charge on any atom is 0.000926 e. The zero-order chi connectivity index (χ0) is 7.68. The molecule has 1 nitrogen and oxygen atoms in total. The molecule has 2 atom stereocenters. The van der Waals surface area contributed by atoms with Gasteiger partial charge in [-0.25, -0.2) is 0 Å². The Kier molecular flexibility index (Phi) is 2.17. The van der Waals surface area contributed by atoms with E-state index >= 15 is 0 Å². The van der Waals surface area contributed by atoms with Gasteiger partial charge in [0.05, 0.1) is 0 Å². The Balaban J connectivity index is 1.93. The molecule has 0 radical (unpaired) electrons.